The highest BCUT2D eigenvalue weighted by Crippen LogP contribution is 2.30. The molecule has 1 saturated heterocycles. The van der Waals surface area contributed by atoms with Crippen LogP contribution in [0.2, 0.25) is 0 Å². The molecule has 0 spiro atoms. The predicted octanol–water partition coefficient (Wildman–Crippen LogP) is 4.10. The molecule has 1 fully saturated rings. The zero-order valence-corrected chi connectivity index (χ0v) is 21.6. The molecule has 34 heavy (non-hydrogen) atoms. The standard InChI is InChI=1S/C25H29N5O3.HI/c1-26-25(29-20-12-13-30(17-20)21-9-3-4-10-22(21)32-2)27-16-18-7-5-8-19(15-18)28-24(31)23-11-6-14-33-23;/h3-11,14-15,20H,12-13,16-17H2,1-2H3,(H,28,31)(H2,26,27,29);1H. The fourth-order valence-electron chi connectivity index (χ4n) is 3.92. The van der Waals surface area contributed by atoms with Crippen molar-refractivity contribution in [3.63, 3.8) is 0 Å². The van der Waals surface area contributed by atoms with Gasteiger partial charge in [-0.05, 0) is 48.4 Å². The number of hydrogen-bond acceptors (Lipinski definition) is 5. The zero-order valence-electron chi connectivity index (χ0n) is 19.3. The Morgan fingerprint density at radius 2 is 2.03 bits per heavy atom. The Morgan fingerprint density at radius 3 is 2.79 bits per heavy atom. The summed E-state index contributed by atoms with van der Waals surface area (Å²) in [6.07, 6.45) is 2.49. The van der Waals surface area contributed by atoms with E-state index in [1.54, 1.807) is 26.3 Å². The highest BCUT2D eigenvalue weighted by Gasteiger charge is 2.25. The maximum absolute atomic E-state index is 12.2. The van der Waals surface area contributed by atoms with Crippen molar-refractivity contribution in [2.24, 2.45) is 4.99 Å². The molecule has 1 amide bonds. The summed E-state index contributed by atoms with van der Waals surface area (Å²) in [6.45, 7) is 2.40. The van der Waals surface area contributed by atoms with Gasteiger partial charge in [-0.2, -0.15) is 0 Å². The molecule has 0 radical (unpaired) electrons. The fourth-order valence-corrected chi connectivity index (χ4v) is 3.92. The molecule has 180 valence electrons. The van der Waals surface area contributed by atoms with Gasteiger partial charge >= 0.3 is 0 Å². The summed E-state index contributed by atoms with van der Waals surface area (Å²) in [6, 6.07) is 19.4. The van der Waals surface area contributed by atoms with Crippen LogP contribution in [0.3, 0.4) is 0 Å². The average molecular weight is 575 g/mol. The number of guanidine groups is 1. The number of benzene rings is 2. The van der Waals surface area contributed by atoms with Gasteiger partial charge in [-0.1, -0.05) is 24.3 Å². The Hall–Kier alpha value is -3.21. The van der Waals surface area contributed by atoms with Gasteiger partial charge < -0.3 is 30.0 Å². The minimum atomic E-state index is -0.275. The molecule has 1 unspecified atom stereocenters. The number of furan rings is 1. The van der Waals surface area contributed by atoms with Crippen LogP contribution in [0.5, 0.6) is 5.75 Å². The van der Waals surface area contributed by atoms with Crippen LogP contribution in [0, 0.1) is 0 Å². The van der Waals surface area contributed by atoms with Crippen LogP contribution in [0.1, 0.15) is 22.5 Å². The summed E-state index contributed by atoms with van der Waals surface area (Å²) >= 11 is 0. The molecule has 4 rings (SSSR count). The van der Waals surface area contributed by atoms with E-state index in [1.807, 2.05) is 42.5 Å². The number of aliphatic imine (C=N–C) groups is 1. The lowest BCUT2D eigenvalue weighted by Gasteiger charge is -2.22. The summed E-state index contributed by atoms with van der Waals surface area (Å²) in [5.41, 5.74) is 2.85. The largest absolute Gasteiger partial charge is 0.495 e. The molecule has 3 aromatic rings. The van der Waals surface area contributed by atoms with Crippen molar-refractivity contribution >= 4 is 47.2 Å². The lowest BCUT2D eigenvalue weighted by atomic mass is 10.2. The van der Waals surface area contributed by atoms with E-state index in [0.717, 1.165) is 42.5 Å². The number of halogens is 1. The van der Waals surface area contributed by atoms with Crippen molar-refractivity contribution in [1.29, 1.82) is 0 Å². The van der Waals surface area contributed by atoms with E-state index in [9.17, 15) is 4.79 Å². The highest BCUT2D eigenvalue weighted by molar-refractivity contribution is 14.0. The summed E-state index contributed by atoms with van der Waals surface area (Å²) in [7, 11) is 3.47. The fraction of sp³-hybridized carbons (Fsp3) is 0.280. The molecule has 1 aromatic heterocycles. The summed E-state index contributed by atoms with van der Waals surface area (Å²) in [5.74, 6) is 1.64. The topological polar surface area (TPSA) is 91.1 Å². The number of nitrogens with one attached hydrogen (secondary N) is 3. The Labute approximate surface area is 216 Å². The maximum atomic E-state index is 12.2. The van der Waals surface area contributed by atoms with Crippen molar-refractivity contribution in [3.05, 3.63) is 78.3 Å². The molecule has 1 atom stereocenters. The van der Waals surface area contributed by atoms with Gasteiger partial charge in [0.1, 0.15) is 5.75 Å². The molecule has 3 N–H and O–H groups in total. The summed E-state index contributed by atoms with van der Waals surface area (Å²) < 4.78 is 10.7. The van der Waals surface area contributed by atoms with Crippen LogP contribution in [-0.4, -0.2) is 45.2 Å². The van der Waals surface area contributed by atoms with Crippen molar-refractivity contribution < 1.29 is 13.9 Å². The molecular weight excluding hydrogens is 545 g/mol. The Morgan fingerprint density at radius 1 is 1.18 bits per heavy atom. The maximum Gasteiger partial charge on any atom is 0.291 e. The number of ether oxygens (including phenoxy) is 1. The number of methoxy groups -OCH3 is 1. The summed E-state index contributed by atoms with van der Waals surface area (Å²) in [4.78, 5) is 18.9. The van der Waals surface area contributed by atoms with E-state index >= 15 is 0 Å². The average Bonchev–Trinajstić information content (AvgIpc) is 3.54. The second-order valence-electron chi connectivity index (χ2n) is 7.81. The van der Waals surface area contributed by atoms with Crippen molar-refractivity contribution in [2.75, 3.05) is 37.5 Å². The van der Waals surface area contributed by atoms with Gasteiger partial charge in [0, 0.05) is 38.4 Å². The zero-order chi connectivity index (χ0) is 23.0. The minimum Gasteiger partial charge on any atom is -0.495 e. The third-order valence-electron chi connectivity index (χ3n) is 5.57. The van der Waals surface area contributed by atoms with Crippen LogP contribution >= 0.6 is 24.0 Å². The van der Waals surface area contributed by atoms with Crippen LogP contribution in [0.25, 0.3) is 0 Å². The van der Waals surface area contributed by atoms with E-state index in [1.165, 1.54) is 6.26 Å². The van der Waals surface area contributed by atoms with E-state index < -0.39 is 0 Å². The van der Waals surface area contributed by atoms with E-state index in [4.69, 9.17) is 9.15 Å². The second-order valence-corrected chi connectivity index (χ2v) is 7.81. The van der Waals surface area contributed by atoms with Crippen LogP contribution in [0.4, 0.5) is 11.4 Å². The smallest absolute Gasteiger partial charge is 0.291 e. The number of carbonyl (C=O) groups is 1. The Bertz CT molecular complexity index is 1100. The number of hydrogen-bond donors (Lipinski definition) is 3. The SMILES string of the molecule is CN=C(NCc1cccc(NC(=O)c2ccco2)c1)NC1CCN(c2ccccc2OC)C1.I. The first-order chi connectivity index (χ1) is 16.2. The molecule has 2 aromatic carbocycles. The minimum absolute atomic E-state index is 0. The molecule has 1 aliphatic rings. The first-order valence-electron chi connectivity index (χ1n) is 10.9. The van der Waals surface area contributed by atoms with Gasteiger partial charge in [0.25, 0.3) is 5.91 Å². The highest BCUT2D eigenvalue weighted by atomic mass is 127. The van der Waals surface area contributed by atoms with E-state index in [-0.39, 0.29) is 41.7 Å². The number of para-hydroxylation sites is 2. The first kappa shape index (κ1) is 25.4. The molecule has 1 aliphatic heterocycles. The van der Waals surface area contributed by atoms with Gasteiger partial charge in [0.2, 0.25) is 0 Å². The second kappa shape index (κ2) is 12.3. The van der Waals surface area contributed by atoms with Gasteiger partial charge in [-0.15, -0.1) is 24.0 Å². The predicted molar refractivity (Wildman–Crippen MR) is 145 cm³/mol. The first-order valence-corrected chi connectivity index (χ1v) is 10.9. The lowest BCUT2D eigenvalue weighted by molar-refractivity contribution is 0.0996. The number of amides is 1. The van der Waals surface area contributed by atoms with E-state index in [0.29, 0.717) is 12.2 Å². The molecule has 0 aliphatic carbocycles. The molecule has 0 saturated carbocycles. The van der Waals surface area contributed by atoms with Gasteiger partial charge in [-0.3, -0.25) is 9.79 Å². The number of carbonyl (C=O) groups excluding carboxylic acids is 1. The Balaban J connectivity index is 0.00000324. The van der Waals surface area contributed by atoms with Crippen molar-refractivity contribution in [3.8, 4) is 5.75 Å². The Kier molecular flexibility index (Phi) is 9.20. The number of anilines is 2. The van der Waals surface area contributed by atoms with Crippen LogP contribution in [0.15, 0.2) is 76.3 Å². The summed E-state index contributed by atoms with van der Waals surface area (Å²) in [5, 5.41) is 9.73. The van der Waals surface area contributed by atoms with Gasteiger partial charge in [0.05, 0.1) is 19.1 Å². The molecule has 2 heterocycles. The van der Waals surface area contributed by atoms with Crippen LogP contribution < -0.4 is 25.6 Å². The lowest BCUT2D eigenvalue weighted by Crippen LogP contribution is -2.44. The number of nitrogens with zero attached hydrogens (tertiary/aromatic N) is 2. The molecular formula is C25H30IN5O3. The third kappa shape index (κ3) is 6.43. The van der Waals surface area contributed by atoms with Crippen molar-refractivity contribution in [1.82, 2.24) is 10.6 Å². The van der Waals surface area contributed by atoms with E-state index in [2.05, 4.69) is 31.9 Å². The molecule has 9 heteroatoms. The van der Waals surface area contributed by atoms with Crippen LogP contribution in [-0.2, 0) is 6.54 Å². The molecule has 0 bridgehead atoms. The number of rotatable bonds is 7. The quantitative estimate of drug-likeness (QED) is 0.223. The third-order valence-corrected chi connectivity index (χ3v) is 5.57. The normalized spacial score (nSPS) is 15.4. The van der Waals surface area contributed by atoms with Gasteiger partial charge in [-0.25, -0.2) is 0 Å². The van der Waals surface area contributed by atoms with Gasteiger partial charge in [0.15, 0.2) is 11.7 Å². The molecule has 8 nitrogen and oxygen atoms in total. The van der Waals surface area contributed by atoms with Crippen molar-refractivity contribution in [2.45, 2.75) is 19.0 Å². The monoisotopic (exact) mass is 575 g/mol.